The lowest BCUT2D eigenvalue weighted by Gasteiger charge is -2.34. The number of alkyl halides is 1. The van der Waals surface area contributed by atoms with Crippen molar-refractivity contribution >= 4 is 45.0 Å². The number of anilines is 1. The molecular weight excluding hydrogens is 490 g/mol. The molecule has 0 spiro atoms. The van der Waals surface area contributed by atoms with E-state index in [1.807, 2.05) is 24.3 Å². The lowest BCUT2D eigenvalue weighted by Crippen LogP contribution is -2.47. The monoisotopic (exact) mass is 519 g/mol. The van der Waals surface area contributed by atoms with E-state index in [4.69, 9.17) is 11.6 Å². The molecular formula is C25H31BrClN3O2. The molecule has 1 aliphatic carbocycles. The van der Waals surface area contributed by atoms with E-state index in [1.54, 1.807) is 18.5 Å². The van der Waals surface area contributed by atoms with Gasteiger partial charge in [-0.2, -0.15) is 0 Å². The highest BCUT2D eigenvalue weighted by atomic mass is 79.9. The summed E-state index contributed by atoms with van der Waals surface area (Å²) in [6.07, 6.45) is 8.61. The molecule has 1 aromatic carbocycles. The van der Waals surface area contributed by atoms with Crippen LogP contribution in [-0.4, -0.2) is 28.7 Å². The number of hydrogen-bond donors (Lipinski definition) is 1. The lowest BCUT2D eigenvalue weighted by molar-refractivity contribution is -0.126. The fraction of sp³-hybridized carbons (Fsp3) is 0.480. The third kappa shape index (κ3) is 5.90. The quantitative estimate of drug-likeness (QED) is 0.482. The Morgan fingerprint density at radius 2 is 1.94 bits per heavy atom. The number of benzene rings is 1. The first-order valence-corrected chi connectivity index (χ1v) is 12.4. The summed E-state index contributed by atoms with van der Waals surface area (Å²) in [6, 6.07) is 8.73. The van der Waals surface area contributed by atoms with Crippen LogP contribution in [0.1, 0.15) is 70.0 Å². The highest BCUT2D eigenvalue weighted by Gasteiger charge is 2.35. The maximum absolute atomic E-state index is 13.6. The van der Waals surface area contributed by atoms with Gasteiger partial charge in [0.25, 0.3) is 0 Å². The van der Waals surface area contributed by atoms with Gasteiger partial charge in [-0.15, -0.1) is 11.6 Å². The second kappa shape index (κ2) is 10.8. The topological polar surface area (TPSA) is 62.3 Å². The molecule has 1 atom stereocenters. The highest BCUT2D eigenvalue weighted by Crippen LogP contribution is 2.37. The molecule has 2 aromatic rings. The van der Waals surface area contributed by atoms with Crippen LogP contribution in [0.15, 0.2) is 47.2 Å². The summed E-state index contributed by atoms with van der Waals surface area (Å²) in [5.74, 6) is -0.792. The minimum Gasteiger partial charge on any atom is -0.351 e. The Hall–Kier alpha value is -1.92. The van der Waals surface area contributed by atoms with Crippen LogP contribution < -0.4 is 10.2 Å². The van der Waals surface area contributed by atoms with Crippen LogP contribution in [0, 0.1) is 0 Å². The van der Waals surface area contributed by atoms with E-state index in [0.29, 0.717) is 11.3 Å². The van der Waals surface area contributed by atoms with E-state index in [0.717, 1.165) is 35.7 Å². The van der Waals surface area contributed by atoms with Crippen molar-refractivity contribution in [2.45, 2.75) is 70.4 Å². The number of aromatic nitrogens is 1. The minimum atomic E-state index is -0.867. The molecule has 2 amide bonds. The van der Waals surface area contributed by atoms with Gasteiger partial charge in [0.05, 0.1) is 5.69 Å². The van der Waals surface area contributed by atoms with Crippen LogP contribution in [0.5, 0.6) is 0 Å². The van der Waals surface area contributed by atoms with Crippen molar-refractivity contribution in [3.8, 4) is 0 Å². The van der Waals surface area contributed by atoms with Crippen LogP contribution >= 0.6 is 27.5 Å². The van der Waals surface area contributed by atoms with Gasteiger partial charge in [-0.25, -0.2) is 0 Å². The van der Waals surface area contributed by atoms with Crippen molar-refractivity contribution in [3.05, 3.63) is 58.3 Å². The molecule has 0 radical (unpaired) electrons. The first-order chi connectivity index (χ1) is 15.2. The fourth-order valence-electron chi connectivity index (χ4n) is 4.13. The maximum Gasteiger partial charge on any atom is 0.248 e. The van der Waals surface area contributed by atoms with Gasteiger partial charge >= 0.3 is 0 Å². The van der Waals surface area contributed by atoms with E-state index >= 15 is 0 Å². The van der Waals surface area contributed by atoms with E-state index in [2.05, 4.69) is 47.0 Å². The predicted molar refractivity (Wildman–Crippen MR) is 133 cm³/mol. The van der Waals surface area contributed by atoms with Crippen molar-refractivity contribution in [3.63, 3.8) is 0 Å². The molecule has 1 N–H and O–H groups in total. The third-order valence-electron chi connectivity index (χ3n) is 5.91. The van der Waals surface area contributed by atoms with Crippen LogP contribution in [0.2, 0.25) is 0 Å². The van der Waals surface area contributed by atoms with Crippen molar-refractivity contribution in [2.75, 3.05) is 10.8 Å². The van der Waals surface area contributed by atoms with E-state index in [9.17, 15) is 9.59 Å². The predicted octanol–water partition coefficient (Wildman–Crippen LogP) is 5.90. The number of carbonyl (C=O) groups is 2. The summed E-state index contributed by atoms with van der Waals surface area (Å²) in [4.78, 5) is 32.4. The van der Waals surface area contributed by atoms with Gasteiger partial charge in [-0.1, -0.05) is 52.2 Å². The Bertz CT molecular complexity index is 940. The molecule has 3 rings (SSSR count). The number of pyridine rings is 1. The first kappa shape index (κ1) is 24.7. The van der Waals surface area contributed by atoms with Gasteiger partial charge in [0.1, 0.15) is 11.9 Å². The molecule has 7 heteroatoms. The number of amides is 2. The maximum atomic E-state index is 13.6. The minimum absolute atomic E-state index is 0.0521. The molecule has 5 nitrogen and oxygen atoms in total. The number of halogens is 2. The molecule has 1 heterocycles. The summed E-state index contributed by atoms with van der Waals surface area (Å²) in [7, 11) is 0. The molecule has 1 unspecified atom stereocenters. The van der Waals surface area contributed by atoms with Crippen molar-refractivity contribution in [1.29, 1.82) is 0 Å². The zero-order valence-electron chi connectivity index (χ0n) is 18.9. The second-order valence-corrected chi connectivity index (χ2v) is 10.5. The molecule has 0 aliphatic heterocycles. The number of nitrogens with one attached hydrogen (secondary N) is 1. The fourth-order valence-corrected chi connectivity index (χ4v) is 4.83. The Balaban J connectivity index is 2.05. The van der Waals surface area contributed by atoms with Gasteiger partial charge in [0.2, 0.25) is 11.8 Å². The van der Waals surface area contributed by atoms with Crippen molar-refractivity contribution < 1.29 is 9.59 Å². The van der Waals surface area contributed by atoms with Gasteiger partial charge in [0, 0.05) is 28.5 Å². The summed E-state index contributed by atoms with van der Waals surface area (Å²) in [6.45, 7) is 6.39. The Labute approximate surface area is 204 Å². The molecule has 1 saturated carbocycles. The molecule has 1 aromatic heterocycles. The molecule has 1 fully saturated rings. The number of carbonyl (C=O) groups excluding carboxylic acids is 2. The Morgan fingerprint density at radius 3 is 2.50 bits per heavy atom. The zero-order chi connectivity index (χ0) is 23.3. The Kier molecular flexibility index (Phi) is 8.34. The van der Waals surface area contributed by atoms with Crippen molar-refractivity contribution in [2.24, 2.45) is 0 Å². The van der Waals surface area contributed by atoms with Crippen LogP contribution in [0.25, 0.3) is 0 Å². The molecule has 172 valence electrons. The van der Waals surface area contributed by atoms with Gasteiger partial charge in [-0.05, 0) is 57.9 Å². The summed E-state index contributed by atoms with van der Waals surface area (Å²) in [5, 5.41) is 3.18. The largest absolute Gasteiger partial charge is 0.351 e. The summed E-state index contributed by atoms with van der Waals surface area (Å²) >= 11 is 9.67. The van der Waals surface area contributed by atoms with Crippen molar-refractivity contribution in [1.82, 2.24) is 10.3 Å². The number of rotatable bonds is 6. The molecule has 1 aliphatic rings. The number of nitrogens with zero attached hydrogens (tertiary/aromatic N) is 2. The molecule has 0 bridgehead atoms. The average Bonchev–Trinajstić information content (AvgIpc) is 2.77. The van der Waals surface area contributed by atoms with E-state index in [-0.39, 0.29) is 29.2 Å². The first-order valence-electron chi connectivity index (χ1n) is 11.1. The average molecular weight is 521 g/mol. The molecule has 32 heavy (non-hydrogen) atoms. The molecule has 0 saturated heterocycles. The van der Waals surface area contributed by atoms with Gasteiger partial charge in [0.15, 0.2) is 0 Å². The SMILES string of the molecule is CC(C)(C)c1ccc(N(C(=O)CCl)C(C(=O)NC2CCCCC2)c2cccnc2)c(Br)c1. The summed E-state index contributed by atoms with van der Waals surface area (Å²) < 4.78 is 0.739. The van der Waals surface area contributed by atoms with Crippen LogP contribution in [-0.2, 0) is 15.0 Å². The smallest absolute Gasteiger partial charge is 0.248 e. The third-order valence-corrected chi connectivity index (χ3v) is 6.78. The summed E-state index contributed by atoms with van der Waals surface area (Å²) in [5.41, 5.74) is 2.32. The van der Waals surface area contributed by atoms with Gasteiger partial charge < -0.3 is 5.32 Å². The standard InChI is InChI=1S/C25H31BrClN3O2/c1-25(2,3)18-11-12-21(20(26)14-18)30(22(31)15-27)23(17-8-7-13-28-16-17)24(32)29-19-9-5-4-6-10-19/h7-8,11-14,16,19,23H,4-6,9-10,15H2,1-3H3,(H,29,32). The van der Waals surface area contributed by atoms with Crippen LogP contribution in [0.3, 0.4) is 0 Å². The number of hydrogen-bond acceptors (Lipinski definition) is 3. The normalized spacial score (nSPS) is 15.8. The van der Waals surface area contributed by atoms with E-state index in [1.165, 1.54) is 11.3 Å². The highest BCUT2D eigenvalue weighted by molar-refractivity contribution is 9.10. The second-order valence-electron chi connectivity index (χ2n) is 9.35. The lowest BCUT2D eigenvalue weighted by atomic mass is 9.87. The Morgan fingerprint density at radius 1 is 1.22 bits per heavy atom. The van der Waals surface area contributed by atoms with Crippen LogP contribution in [0.4, 0.5) is 5.69 Å². The zero-order valence-corrected chi connectivity index (χ0v) is 21.2. The van der Waals surface area contributed by atoms with E-state index < -0.39 is 6.04 Å². The van der Waals surface area contributed by atoms with Gasteiger partial charge in [-0.3, -0.25) is 19.5 Å².